The van der Waals surface area contributed by atoms with Gasteiger partial charge in [0.25, 0.3) is 5.91 Å². The molecule has 0 aliphatic heterocycles. The second-order valence-corrected chi connectivity index (χ2v) is 5.36. The standard InChI is InChI=1S/C19H21N3O2/c1-22(17-9-3-2-4-10-17)13-7-12-21-19(23)15-24-18-11-6-5-8-16(18)14-20/h2-6,8-11H,7,12-13,15H2,1H3,(H,21,23). The molecule has 2 rings (SSSR count). The van der Waals surface area contributed by atoms with Gasteiger partial charge in [-0.15, -0.1) is 0 Å². The summed E-state index contributed by atoms with van der Waals surface area (Å²) in [7, 11) is 2.03. The molecule has 0 aliphatic carbocycles. The molecule has 1 N–H and O–H groups in total. The van der Waals surface area contributed by atoms with Crippen LogP contribution in [0.1, 0.15) is 12.0 Å². The number of nitrogens with one attached hydrogen (secondary N) is 1. The van der Waals surface area contributed by atoms with Gasteiger partial charge in [-0.2, -0.15) is 5.26 Å². The number of carbonyl (C=O) groups excluding carboxylic acids is 1. The topological polar surface area (TPSA) is 65.4 Å². The van der Waals surface area contributed by atoms with Crippen LogP contribution in [0.25, 0.3) is 0 Å². The van der Waals surface area contributed by atoms with Crippen molar-refractivity contribution in [2.24, 2.45) is 0 Å². The Morgan fingerprint density at radius 3 is 2.62 bits per heavy atom. The predicted molar refractivity (Wildman–Crippen MR) is 94.0 cm³/mol. The van der Waals surface area contributed by atoms with Gasteiger partial charge < -0.3 is 15.0 Å². The molecule has 0 unspecified atom stereocenters. The van der Waals surface area contributed by atoms with E-state index in [1.807, 2.05) is 31.3 Å². The number of hydrogen-bond acceptors (Lipinski definition) is 4. The highest BCUT2D eigenvalue weighted by Gasteiger charge is 2.06. The summed E-state index contributed by atoms with van der Waals surface area (Å²) in [5.41, 5.74) is 1.58. The molecular weight excluding hydrogens is 302 g/mol. The molecule has 0 bridgehead atoms. The highest BCUT2D eigenvalue weighted by atomic mass is 16.5. The summed E-state index contributed by atoms with van der Waals surface area (Å²) in [6, 6.07) is 19.0. The van der Waals surface area contributed by atoms with Crippen LogP contribution in [0.4, 0.5) is 5.69 Å². The van der Waals surface area contributed by atoms with Crippen molar-refractivity contribution in [1.29, 1.82) is 5.26 Å². The van der Waals surface area contributed by atoms with Crippen molar-refractivity contribution in [1.82, 2.24) is 5.32 Å². The number of nitrogens with zero attached hydrogens (tertiary/aromatic N) is 2. The number of carbonyl (C=O) groups is 1. The number of benzene rings is 2. The fourth-order valence-corrected chi connectivity index (χ4v) is 2.23. The first-order chi connectivity index (χ1) is 11.7. The zero-order valence-corrected chi connectivity index (χ0v) is 13.7. The molecule has 0 spiro atoms. The summed E-state index contributed by atoms with van der Waals surface area (Å²) in [5, 5.41) is 11.8. The van der Waals surface area contributed by atoms with Gasteiger partial charge in [-0.1, -0.05) is 30.3 Å². The van der Waals surface area contributed by atoms with E-state index >= 15 is 0 Å². The fraction of sp³-hybridized carbons (Fsp3) is 0.263. The molecule has 0 radical (unpaired) electrons. The van der Waals surface area contributed by atoms with Crippen molar-refractivity contribution < 1.29 is 9.53 Å². The van der Waals surface area contributed by atoms with E-state index in [-0.39, 0.29) is 12.5 Å². The fourth-order valence-electron chi connectivity index (χ4n) is 2.23. The maximum atomic E-state index is 11.8. The third kappa shape index (κ3) is 5.33. The van der Waals surface area contributed by atoms with E-state index in [9.17, 15) is 4.79 Å². The second-order valence-electron chi connectivity index (χ2n) is 5.36. The minimum absolute atomic E-state index is 0.0901. The maximum Gasteiger partial charge on any atom is 0.257 e. The Morgan fingerprint density at radius 2 is 1.88 bits per heavy atom. The van der Waals surface area contributed by atoms with Gasteiger partial charge in [0.15, 0.2) is 6.61 Å². The van der Waals surface area contributed by atoms with Gasteiger partial charge in [-0.05, 0) is 30.7 Å². The van der Waals surface area contributed by atoms with E-state index in [0.29, 0.717) is 17.9 Å². The predicted octanol–water partition coefficient (Wildman–Crippen LogP) is 2.58. The van der Waals surface area contributed by atoms with Crippen LogP contribution in [0.5, 0.6) is 5.75 Å². The average molecular weight is 323 g/mol. The lowest BCUT2D eigenvalue weighted by Crippen LogP contribution is -2.31. The molecule has 24 heavy (non-hydrogen) atoms. The highest BCUT2D eigenvalue weighted by molar-refractivity contribution is 5.77. The normalized spacial score (nSPS) is 9.83. The summed E-state index contributed by atoms with van der Waals surface area (Å²) in [6.07, 6.45) is 0.839. The highest BCUT2D eigenvalue weighted by Crippen LogP contribution is 2.16. The summed E-state index contributed by atoms with van der Waals surface area (Å²) < 4.78 is 5.39. The minimum Gasteiger partial charge on any atom is -0.482 e. The summed E-state index contributed by atoms with van der Waals surface area (Å²) in [5.74, 6) is 0.240. The van der Waals surface area contributed by atoms with E-state index in [1.165, 1.54) is 0 Å². The molecule has 0 saturated carbocycles. The first kappa shape index (κ1) is 17.4. The number of para-hydroxylation sites is 2. The van der Waals surface area contributed by atoms with E-state index in [4.69, 9.17) is 10.00 Å². The third-order valence-corrected chi connectivity index (χ3v) is 3.56. The Kier molecular flexibility index (Phi) is 6.66. The Hall–Kier alpha value is -3.00. The largest absolute Gasteiger partial charge is 0.482 e. The number of hydrogen-bond donors (Lipinski definition) is 1. The Balaban J connectivity index is 1.66. The van der Waals surface area contributed by atoms with Crippen molar-refractivity contribution in [2.45, 2.75) is 6.42 Å². The van der Waals surface area contributed by atoms with Gasteiger partial charge in [0.1, 0.15) is 11.8 Å². The van der Waals surface area contributed by atoms with Gasteiger partial charge in [-0.25, -0.2) is 0 Å². The summed E-state index contributed by atoms with van der Waals surface area (Å²) in [4.78, 5) is 13.9. The number of amides is 1. The Morgan fingerprint density at radius 1 is 1.17 bits per heavy atom. The van der Waals surface area contributed by atoms with E-state index < -0.39 is 0 Å². The molecule has 124 valence electrons. The number of rotatable bonds is 8. The van der Waals surface area contributed by atoms with Gasteiger partial charge in [0.05, 0.1) is 5.56 Å². The Bertz CT molecular complexity index is 695. The maximum absolute atomic E-state index is 11.8. The smallest absolute Gasteiger partial charge is 0.257 e. The van der Waals surface area contributed by atoms with E-state index in [1.54, 1.807) is 24.3 Å². The lowest BCUT2D eigenvalue weighted by atomic mass is 10.2. The van der Waals surface area contributed by atoms with Crippen LogP contribution in [0.15, 0.2) is 54.6 Å². The van der Waals surface area contributed by atoms with Crippen molar-refractivity contribution in [3.8, 4) is 11.8 Å². The molecule has 0 fully saturated rings. The molecule has 0 saturated heterocycles. The molecule has 5 heteroatoms. The SMILES string of the molecule is CN(CCCNC(=O)COc1ccccc1C#N)c1ccccc1. The van der Waals surface area contributed by atoms with Crippen LogP contribution in [0, 0.1) is 11.3 Å². The molecule has 2 aromatic rings. The monoisotopic (exact) mass is 323 g/mol. The van der Waals surface area contributed by atoms with Crippen LogP contribution in [0.2, 0.25) is 0 Å². The zero-order chi connectivity index (χ0) is 17.2. The third-order valence-electron chi connectivity index (χ3n) is 3.56. The molecule has 0 aliphatic rings. The summed E-state index contributed by atoms with van der Waals surface area (Å²) in [6.45, 7) is 1.34. The summed E-state index contributed by atoms with van der Waals surface area (Å²) >= 11 is 0. The number of nitriles is 1. The van der Waals surface area contributed by atoms with Gasteiger partial charge in [0.2, 0.25) is 0 Å². The van der Waals surface area contributed by atoms with Crippen molar-refractivity contribution >= 4 is 11.6 Å². The van der Waals surface area contributed by atoms with Crippen molar-refractivity contribution in [2.75, 3.05) is 31.6 Å². The molecule has 2 aromatic carbocycles. The zero-order valence-electron chi connectivity index (χ0n) is 13.7. The molecule has 5 nitrogen and oxygen atoms in total. The Labute approximate surface area is 142 Å². The van der Waals surface area contributed by atoms with Gasteiger partial charge in [-0.3, -0.25) is 4.79 Å². The first-order valence-corrected chi connectivity index (χ1v) is 7.85. The number of anilines is 1. The molecule has 0 aromatic heterocycles. The quantitative estimate of drug-likeness (QED) is 0.758. The average Bonchev–Trinajstić information content (AvgIpc) is 2.64. The van der Waals surface area contributed by atoms with Crippen LogP contribution < -0.4 is 15.0 Å². The second kappa shape index (κ2) is 9.21. The lowest BCUT2D eigenvalue weighted by Gasteiger charge is -2.19. The molecule has 1 amide bonds. The van der Waals surface area contributed by atoms with Crippen LogP contribution >= 0.6 is 0 Å². The van der Waals surface area contributed by atoms with Crippen LogP contribution in [-0.4, -0.2) is 32.7 Å². The van der Waals surface area contributed by atoms with Crippen molar-refractivity contribution in [3.05, 3.63) is 60.2 Å². The lowest BCUT2D eigenvalue weighted by molar-refractivity contribution is -0.123. The van der Waals surface area contributed by atoms with Crippen LogP contribution in [0.3, 0.4) is 0 Å². The van der Waals surface area contributed by atoms with E-state index in [2.05, 4.69) is 22.3 Å². The molecule has 0 heterocycles. The first-order valence-electron chi connectivity index (χ1n) is 7.85. The minimum atomic E-state index is -0.190. The van der Waals surface area contributed by atoms with Crippen LogP contribution in [-0.2, 0) is 4.79 Å². The molecule has 0 atom stereocenters. The van der Waals surface area contributed by atoms with Gasteiger partial charge in [0, 0.05) is 25.8 Å². The van der Waals surface area contributed by atoms with Gasteiger partial charge >= 0.3 is 0 Å². The van der Waals surface area contributed by atoms with Crippen molar-refractivity contribution in [3.63, 3.8) is 0 Å². The molecular formula is C19H21N3O2. The van der Waals surface area contributed by atoms with E-state index in [0.717, 1.165) is 18.7 Å². The number of ether oxygens (including phenoxy) is 1.